The molecule has 0 fully saturated rings. The number of hydrogen-bond donors (Lipinski definition) is 0. The molecule has 4 aromatic carbocycles. The molecule has 0 amide bonds. The van der Waals surface area contributed by atoms with Crippen LogP contribution in [0.15, 0.2) is 91.5 Å². The Bertz CT molecular complexity index is 1610. The van der Waals surface area contributed by atoms with Crippen molar-refractivity contribution in [2.24, 2.45) is 0 Å². The van der Waals surface area contributed by atoms with Crippen LogP contribution in [-0.2, 0) is 13.0 Å². The van der Waals surface area contributed by atoms with Crippen LogP contribution in [0.1, 0.15) is 41.4 Å². The molecule has 0 aliphatic carbocycles. The van der Waals surface area contributed by atoms with Gasteiger partial charge in [-0.15, -0.1) is 0 Å². The number of halogens is 1. The summed E-state index contributed by atoms with van der Waals surface area (Å²) in [6.45, 7) is 11.8. The molecule has 0 aliphatic heterocycles. The van der Waals surface area contributed by atoms with E-state index < -0.39 is 0 Å². The quantitative estimate of drug-likeness (QED) is 0.163. The van der Waals surface area contributed by atoms with Gasteiger partial charge in [-0.25, -0.2) is 4.98 Å². The fourth-order valence-electron chi connectivity index (χ4n) is 5.14. The molecule has 0 radical (unpaired) electrons. The number of fused-ring (bicyclic) bond motifs is 1. The molecule has 1 heterocycles. The largest absolute Gasteiger partial charge is 0.344 e. The molecule has 4 heteroatoms. The number of aromatic nitrogens is 2. The van der Waals surface area contributed by atoms with Crippen LogP contribution in [0.4, 0.5) is 5.69 Å². The van der Waals surface area contributed by atoms with Gasteiger partial charge in [-0.1, -0.05) is 74.2 Å². The number of benzene rings is 4. The van der Waals surface area contributed by atoms with Crippen LogP contribution in [0.3, 0.4) is 0 Å². The Hall–Kier alpha value is -3.38. The number of aryl methyl sites for hydroxylation is 3. The summed E-state index contributed by atoms with van der Waals surface area (Å²) in [7, 11) is 2.10. The van der Waals surface area contributed by atoms with Crippen molar-refractivity contribution < 1.29 is 0 Å². The van der Waals surface area contributed by atoms with Crippen molar-refractivity contribution in [3.63, 3.8) is 0 Å². The van der Waals surface area contributed by atoms with Crippen LogP contribution in [0, 0.1) is 17.4 Å². The lowest BCUT2D eigenvalue weighted by Gasteiger charge is -2.24. The highest BCUT2D eigenvalue weighted by atomic mass is 127. The van der Waals surface area contributed by atoms with Crippen LogP contribution in [0.25, 0.3) is 27.9 Å². The molecular weight excluding hydrogens is 577 g/mol. The smallest absolute Gasteiger partial charge is 0.110 e. The molecular formula is C34H34IN3. The number of para-hydroxylation sites is 1. The van der Waals surface area contributed by atoms with Gasteiger partial charge in [0.05, 0.1) is 11.0 Å². The van der Waals surface area contributed by atoms with Crippen molar-refractivity contribution in [1.82, 2.24) is 9.55 Å². The third-order valence-corrected chi connectivity index (χ3v) is 8.23. The number of imidazole rings is 1. The molecule has 0 saturated heterocycles. The first kappa shape index (κ1) is 26.2. The summed E-state index contributed by atoms with van der Waals surface area (Å²) in [5.41, 5.74) is 11.7. The zero-order valence-corrected chi connectivity index (χ0v) is 24.8. The van der Waals surface area contributed by atoms with Crippen LogP contribution >= 0.6 is 22.6 Å². The molecule has 0 N–H and O–H groups in total. The Kier molecular flexibility index (Phi) is 7.70. The lowest BCUT2D eigenvalue weighted by atomic mass is 10.0. The minimum Gasteiger partial charge on any atom is -0.344 e. The number of anilines is 1. The molecule has 0 aliphatic rings. The molecule has 5 aromatic rings. The van der Waals surface area contributed by atoms with E-state index in [0.717, 1.165) is 42.0 Å². The number of hydrogen-bond acceptors (Lipinski definition) is 2. The third-order valence-electron chi connectivity index (χ3n) is 7.29. The van der Waals surface area contributed by atoms with Crippen LogP contribution < -0.4 is 4.90 Å². The lowest BCUT2D eigenvalue weighted by Crippen LogP contribution is -2.15. The van der Waals surface area contributed by atoms with Gasteiger partial charge in [-0.05, 0) is 101 Å². The summed E-state index contributed by atoms with van der Waals surface area (Å²) in [6, 6.07) is 30.4. The van der Waals surface area contributed by atoms with Gasteiger partial charge in [0.15, 0.2) is 0 Å². The summed E-state index contributed by atoms with van der Waals surface area (Å²) in [5.74, 6) is 1.14. The van der Waals surface area contributed by atoms with E-state index in [1.807, 2.05) is 0 Å². The average molecular weight is 612 g/mol. The summed E-state index contributed by atoms with van der Waals surface area (Å²) >= 11 is 2.41. The Balaban J connectivity index is 1.52. The third kappa shape index (κ3) is 5.14. The minimum atomic E-state index is 0.793. The van der Waals surface area contributed by atoms with E-state index in [1.54, 1.807) is 0 Å². The van der Waals surface area contributed by atoms with Crippen LogP contribution in [0.5, 0.6) is 0 Å². The summed E-state index contributed by atoms with van der Waals surface area (Å²) in [5, 5.41) is 0. The van der Waals surface area contributed by atoms with Crippen LogP contribution in [0.2, 0.25) is 0 Å². The van der Waals surface area contributed by atoms with Gasteiger partial charge in [-0.3, -0.25) is 0 Å². The first-order chi connectivity index (χ1) is 18.4. The molecule has 0 atom stereocenters. The van der Waals surface area contributed by atoms with Crippen molar-refractivity contribution in [2.45, 2.75) is 40.2 Å². The monoisotopic (exact) mass is 611 g/mol. The zero-order chi connectivity index (χ0) is 26.8. The van der Waals surface area contributed by atoms with Gasteiger partial charge in [-0.2, -0.15) is 0 Å². The molecule has 1 aromatic heterocycles. The predicted octanol–water partition coefficient (Wildman–Crippen LogP) is 9.03. The SMILES string of the molecule is C=C(c1cc(C)c2nc(CCC)n(Cc3ccc(-c4ccccc4I)cc3)c2c1)N(C)c1ccccc1C. The van der Waals surface area contributed by atoms with Gasteiger partial charge in [0.1, 0.15) is 5.82 Å². The van der Waals surface area contributed by atoms with Gasteiger partial charge >= 0.3 is 0 Å². The fraction of sp³-hybridized carbons (Fsp3) is 0.206. The average Bonchev–Trinajstić information content (AvgIpc) is 3.26. The second-order valence-electron chi connectivity index (χ2n) is 9.99. The molecule has 0 bridgehead atoms. The standard InChI is InChI=1S/C34H34IN3/c1-6-11-33-36-34-24(3)20-28(25(4)37(5)31-15-10-7-12-23(31)2)21-32(34)38(33)22-26-16-18-27(19-17-26)29-13-8-9-14-30(29)35/h7-10,12-21H,4,6,11,22H2,1-3,5H3. The van der Waals surface area contributed by atoms with Crippen molar-refractivity contribution in [3.05, 3.63) is 123 Å². The number of rotatable bonds is 8. The molecule has 0 saturated carbocycles. The summed E-state index contributed by atoms with van der Waals surface area (Å²) in [6.07, 6.45) is 2.01. The van der Waals surface area contributed by atoms with Crippen molar-refractivity contribution in [1.29, 1.82) is 0 Å². The van der Waals surface area contributed by atoms with Crippen molar-refractivity contribution in [2.75, 3.05) is 11.9 Å². The number of nitrogens with zero attached hydrogens (tertiary/aromatic N) is 3. The van der Waals surface area contributed by atoms with E-state index in [4.69, 9.17) is 4.98 Å². The second kappa shape index (κ2) is 11.2. The molecule has 0 spiro atoms. The van der Waals surface area contributed by atoms with E-state index in [9.17, 15) is 0 Å². The van der Waals surface area contributed by atoms with Gasteiger partial charge in [0.2, 0.25) is 0 Å². The molecule has 0 unspecified atom stereocenters. The van der Waals surface area contributed by atoms with Gasteiger partial charge in [0, 0.05) is 35.0 Å². The van der Waals surface area contributed by atoms with E-state index in [2.05, 4.69) is 151 Å². The minimum absolute atomic E-state index is 0.793. The maximum absolute atomic E-state index is 5.11. The van der Waals surface area contributed by atoms with Crippen LogP contribution in [-0.4, -0.2) is 16.6 Å². The van der Waals surface area contributed by atoms with E-state index in [-0.39, 0.29) is 0 Å². The van der Waals surface area contributed by atoms with Crippen molar-refractivity contribution >= 4 is 45.0 Å². The van der Waals surface area contributed by atoms with E-state index in [1.165, 1.54) is 42.6 Å². The molecule has 38 heavy (non-hydrogen) atoms. The Morgan fingerprint density at radius 2 is 1.63 bits per heavy atom. The van der Waals surface area contributed by atoms with E-state index in [0.29, 0.717) is 0 Å². The first-order valence-corrected chi connectivity index (χ1v) is 14.3. The lowest BCUT2D eigenvalue weighted by molar-refractivity contribution is 0.722. The fourth-order valence-corrected chi connectivity index (χ4v) is 5.84. The Morgan fingerprint density at radius 1 is 0.921 bits per heavy atom. The highest BCUT2D eigenvalue weighted by molar-refractivity contribution is 14.1. The molecule has 192 valence electrons. The normalized spacial score (nSPS) is 11.2. The summed E-state index contributed by atoms with van der Waals surface area (Å²) in [4.78, 5) is 7.30. The van der Waals surface area contributed by atoms with E-state index >= 15 is 0 Å². The first-order valence-electron chi connectivity index (χ1n) is 13.2. The van der Waals surface area contributed by atoms with Gasteiger partial charge in [0.25, 0.3) is 0 Å². The second-order valence-corrected chi connectivity index (χ2v) is 11.2. The summed E-state index contributed by atoms with van der Waals surface area (Å²) < 4.78 is 3.67. The van der Waals surface area contributed by atoms with Crippen molar-refractivity contribution in [3.8, 4) is 11.1 Å². The van der Waals surface area contributed by atoms with Gasteiger partial charge < -0.3 is 9.47 Å². The topological polar surface area (TPSA) is 21.1 Å². The molecule has 3 nitrogen and oxygen atoms in total. The zero-order valence-electron chi connectivity index (χ0n) is 22.6. The highest BCUT2D eigenvalue weighted by Gasteiger charge is 2.17. The Labute approximate surface area is 240 Å². The molecule has 5 rings (SSSR count). The maximum Gasteiger partial charge on any atom is 0.110 e. The Morgan fingerprint density at radius 3 is 2.34 bits per heavy atom. The highest BCUT2D eigenvalue weighted by Crippen LogP contribution is 2.31. The predicted molar refractivity (Wildman–Crippen MR) is 171 cm³/mol. The maximum atomic E-state index is 5.11.